The van der Waals surface area contributed by atoms with Gasteiger partial charge in [-0.15, -0.1) is 0 Å². The molecule has 0 atom stereocenters. The van der Waals surface area contributed by atoms with Gasteiger partial charge in [-0.05, 0) is 25.0 Å². The molecule has 0 aliphatic heterocycles. The molecule has 1 aliphatic carbocycles. The quantitative estimate of drug-likeness (QED) is 0.815. The number of carboxylic acids is 1. The third-order valence-electron chi connectivity index (χ3n) is 3.78. The van der Waals surface area contributed by atoms with Crippen LogP contribution in [0.2, 0.25) is 10.0 Å². The van der Waals surface area contributed by atoms with Crippen molar-refractivity contribution in [3.63, 3.8) is 0 Å². The predicted octanol–water partition coefficient (Wildman–Crippen LogP) is 4.11. The Hall–Kier alpha value is -1.33. The molecule has 7 heteroatoms. The molecule has 0 radical (unpaired) electrons. The highest BCUT2D eigenvalue weighted by Gasteiger charge is 2.42. The van der Waals surface area contributed by atoms with Gasteiger partial charge in [0, 0.05) is 12.1 Å². The molecular formula is C14H14Cl2FNO3. The summed E-state index contributed by atoms with van der Waals surface area (Å²) in [6, 6.07) is 2.48. The fourth-order valence-corrected chi connectivity index (χ4v) is 3.15. The van der Waals surface area contributed by atoms with Crippen molar-refractivity contribution in [1.82, 2.24) is 0 Å². The normalized spacial score (nSPS) is 16.7. The molecule has 1 saturated carbocycles. The predicted molar refractivity (Wildman–Crippen MR) is 78.2 cm³/mol. The Morgan fingerprint density at radius 2 is 1.76 bits per heavy atom. The third kappa shape index (κ3) is 3.47. The Morgan fingerprint density at radius 3 is 2.24 bits per heavy atom. The molecule has 114 valence electrons. The molecule has 4 nitrogen and oxygen atoms in total. The molecule has 2 rings (SSSR count). The monoisotopic (exact) mass is 333 g/mol. The van der Waals surface area contributed by atoms with Gasteiger partial charge in [0.1, 0.15) is 0 Å². The number of nitrogens with one attached hydrogen (secondary N) is 1. The van der Waals surface area contributed by atoms with Crippen LogP contribution >= 0.6 is 23.2 Å². The van der Waals surface area contributed by atoms with Crippen LogP contribution in [0, 0.1) is 11.2 Å². The first kappa shape index (κ1) is 16.0. The van der Waals surface area contributed by atoms with Crippen molar-refractivity contribution < 1.29 is 19.1 Å². The van der Waals surface area contributed by atoms with Crippen LogP contribution < -0.4 is 5.32 Å². The molecule has 21 heavy (non-hydrogen) atoms. The van der Waals surface area contributed by atoms with E-state index >= 15 is 0 Å². The molecular weight excluding hydrogens is 320 g/mol. The van der Waals surface area contributed by atoms with Crippen LogP contribution in [0.5, 0.6) is 0 Å². The molecule has 0 heterocycles. The topological polar surface area (TPSA) is 66.4 Å². The zero-order chi connectivity index (χ0) is 15.6. The standard InChI is InChI=1S/C14H14Cl2FNO3/c15-9-5-8(6-10(16)12(9)17)18-11(19)7-14(13(20)21)3-1-2-4-14/h5-6H,1-4,7H2,(H,18,19)(H,20,21). The molecule has 2 N–H and O–H groups in total. The maximum absolute atomic E-state index is 13.3. The summed E-state index contributed by atoms with van der Waals surface area (Å²) in [5, 5.41) is 11.4. The summed E-state index contributed by atoms with van der Waals surface area (Å²) in [5.41, 5.74) is -0.757. The molecule has 1 aromatic rings. The lowest BCUT2D eigenvalue weighted by molar-refractivity contribution is -0.150. The van der Waals surface area contributed by atoms with E-state index in [0.29, 0.717) is 12.8 Å². The maximum atomic E-state index is 13.3. The Bertz CT molecular complexity index is 563. The van der Waals surface area contributed by atoms with E-state index in [1.165, 1.54) is 12.1 Å². The molecule has 0 spiro atoms. The second kappa shape index (κ2) is 6.20. The highest BCUT2D eigenvalue weighted by atomic mass is 35.5. The van der Waals surface area contributed by atoms with Gasteiger partial charge in [-0.2, -0.15) is 0 Å². The van der Waals surface area contributed by atoms with Gasteiger partial charge < -0.3 is 10.4 Å². The van der Waals surface area contributed by atoms with Crippen LogP contribution in [-0.4, -0.2) is 17.0 Å². The molecule has 1 fully saturated rings. The van der Waals surface area contributed by atoms with Crippen molar-refractivity contribution in [2.45, 2.75) is 32.1 Å². The Balaban J connectivity index is 2.10. The summed E-state index contributed by atoms with van der Waals surface area (Å²) in [6.45, 7) is 0. The minimum atomic E-state index is -1.00. The molecule has 0 saturated heterocycles. The van der Waals surface area contributed by atoms with Crippen LogP contribution in [0.25, 0.3) is 0 Å². The summed E-state index contributed by atoms with van der Waals surface area (Å²) < 4.78 is 13.3. The van der Waals surface area contributed by atoms with Crippen molar-refractivity contribution in [3.05, 3.63) is 28.0 Å². The van der Waals surface area contributed by atoms with Crippen LogP contribution in [0.3, 0.4) is 0 Å². The smallest absolute Gasteiger partial charge is 0.310 e. The highest BCUT2D eigenvalue weighted by Crippen LogP contribution is 2.41. The van der Waals surface area contributed by atoms with Crippen LogP contribution in [0.4, 0.5) is 10.1 Å². The molecule has 1 aliphatic rings. The van der Waals surface area contributed by atoms with E-state index in [1.54, 1.807) is 0 Å². The lowest BCUT2D eigenvalue weighted by Crippen LogP contribution is -2.32. The van der Waals surface area contributed by atoms with Crippen molar-refractivity contribution in [2.24, 2.45) is 5.41 Å². The Kier molecular flexibility index (Phi) is 4.74. The fraction of sp³-hybridized carbons (Fsp3) is 0.429. The van der Waals surface area contributed by atoms with Gasteiger partial charge in [0.25, 0.3) is 0 Å². The van der Waals surface area contributed by atoms with Crippen molar-refractivity contribution in [3.8, 4) is 0 Å². The van der Waals surface area contributed by atoms with E-state index in [2.05, 4.69) is 5.32 Å². The maximum Gasteiger partial charge on any atom is 0.310 e. The van der Waals surface area contributed by atoms with E-state index in [4.69, 9.17) is 23.2 Å². The first-order valence-corrected chi connectivity index (χ1v) is 7.27. The molecule has 0 bridgehead atoms. The molecule has 1 aromatic carbocycles. The van der Waals surface area contributed by atoms with Crippen molar-refractivity contribution >= 4 is 40.8 Å². The summed E-state index contributed by atoms with van der Waals surface area (Å²) in [7, 11) is 0. The number of hydrogen-bond acceptors (Lipinski definition) is 2. The number of rotatable bonds is 4. The lowest BCUT2D eigenvalue weighted by atomic mass is 9.82. The van der Waals surface area contributed by atoms with E-state index in [-0.39, 0.29) is 22.2 Å². The summed E-state index contributed by atoms with van der Waals surface area (Å²) in [5.74, 6) is -2.16. The summed E-state index contributed by atoms with van der Waals surface area (Å²) in [4.78, 5) is 23.4. The number of anilines is 1. The molecule has 0 aromatic heterocycles. The van der Waals surface area contributed by atoms with Crippen LogP contribution in [0.15, 0.2) is 12.1 Å². The summed E-state index contributed by atoms with van der Waals surface area (Å²) >= 11 is 11.3. The number of benzene rings is 1. The number of amides is 1. The number of halogens is 3. The second-order valence-electron chi connectivity index (χ2n) is 5.27. The van der Waals surface area contributed by atoms with Gasteiger partial charge in [-0.3, -0.25) is 9.59 Å². The zero-order valence-corrected chi connectivity index (χ0v) is 12.6. The Morgan fingerprint density at radius 1 is 1.24 bits per heavy atom. The first-order chi connectivity index (χ1) is 9.84. The first-order valence-electron chi connectivity index (χ1n) is 6.52. The van der Waals surface area contributed by atoms with Crippen LogP contribution in [-0.2, 0) is 9.59 Å². The lowest BCUT2D eigenvalue weighted by Gasteiger charge is -2.22. The minimum absolute atomic E-state index is 0.116. The number of carboxylic acid groups (broad SMARTS) is 1. The summed E-state index contributed by atoms with van der Waals surface area (Å²) in [6.07, 6.45) is 2.46. The molecule has 1 amide bonds. The average molecular weight is 334 g/mol. The minimum Gasteiger partial charge on any atom is -0.481 e. The van der Waals surface area contributed by atoms with Crippen molar-refractivity contribution in [1.29, 1.82) is 0 Å². The van der Waals surface area contributed by atoms with Gasteiger partial charge in [0.2, 0.25) is 5.91 Å². The Labute approximate surface area is 131 Å². The third-order valence-corrected chi connectivity index (χ3v) is 4.33. The number of carbonyl (C=O) groups excluding carboxylic acids is 1. The largest absolute Gasteiger partial charge is 0.481 e. The molecule has 0 unspecified atom stereocenters. The second-order valence-corrected chi connectivity index (χ2v) is 6.09. The fourth-order valence-electron chi connectivity index (χ4n) is 2.66. The van der Waals surface area contributed by atoms with Gasteiger partial charge in [-0.25, -0.2) is 4.39 Å². The van der Waals surface area contributed by atoms with E-state index in [1.807, 2.05) is 0 Å². The van der Waals surface area contributed by atoms with Gasteiger partial charge in [0.05, 0.1) is 15.5 Å². The number of hydrogen-bond donors (Lipinski definition) is 2. The average Bonchev–Trinajstić information content (AvgIpc) is 2.85. The van der Waals surface area contributed by atoms with Gasteiger partial charge in [0.15, 0.2) is 5.82 Å². The van der Waals surface area contributed by atoms with Gasteiger partial charge >= 0.3 is 5.97 Å². The van der Waals surface area contributed by atoms with Gasteiger partial charge in [-0.1, -0.05) is 36.0 Å². The highest BCUT2D eigenvalue weighted by molar-refractivity contribution is 6.35. The van der Waals surface area contributed by atoms with Crippen LogP contribution in [0.1, 0.15) is 32.1 Å². The van der Waals surface area contributed by atoms with Crippen molar-refractivity contribution in [2.75, 3.05) is 5.32 Å². The zero-order valence-electron chi connectivity index (χ0n) is 11.1. The van der Waals surface area contributed by atoms with E-state index < -0.39 is 23.1 Å². The SMILES string of the molecule is O=C(CC1(C(=O)O)CCCC1)Nc1cc(Cl)c(F)c(Cl)c1. The number of aliphatic carboxylic acids is 1. The van der Waals surface area contributed by atoms with E-state index in [9.17, 15) is 19.1 Å². The number of carbonyl (C=O) groups is 2. The van der Waals surface area contributed by atoms with E-state index in [0.717, 1.165) is 12.8 Å².